The molecule has 104 valence electrons. The summed E-state index contributed by atoms with van der Waals surface area (Å²) in [4.78, 5) is 24.4. The van der Waals surface area contributed by atoms with Crippen molar-refractivity contribution in [1.82, 2.24) is 0 Å². The van der Waals surface area contributed by atoms with Crippen molar-refractivity contribution in [2.45, 2.75) is 33.1 Å². The van der Waals surface area contributed by atoms with Crippen LogP contribution in [-0.2, 0) is 9.59 Å². The first-order chi connectivity index (χ1) is 8.95. The Balaban J connectivity index is 2.94. The third-order valence-electron chi connectivity index (χ3n) is 2.82. The van der Waals surface area contributed by atoms with Crippen molar-refractivity contribution in [1.29, 1.82) is 0 Å². The van der Waals surface area contributed by atoms with E-state index in [9.17, 15) is 14.0 Å². The minimum absolute atomic E-state index is 0.175. The third-order valence-corrected chi connectivity index (χ3v) is 2.82. The van der Waals surface area contributed by atoms with E-state index in [1.807, 2.05) is 6.92 Å². The van der Waals surface area contributed by atoms with Gasteiger partial charge in [-0.05, 0) is 24.6 Å². The maximum Gasteiger partial charge on any atom is 0.224 e. The molecule has 0 fully saturated rings. The first kappa shape index (κ1) is 15.1. The quantitative estimate of drug-likeness (QED) is 0.890. The Kier molecular flexibility index (Phi) is 5.48. The first-order valence-corrected chi connectivity index (χ1v) is 6.29. The summed E-state index contributed by atoms with van der Waals surface area (Å²) in [6.45, 7) is 3.40. The minimum atomic E-state index is -0.452. The van der Waals surface area contributed by atoms with E-state index in [-0.39, 0.29) is 11.8 Å². The molecule has 5 heteroatoms. The second-order valence-corrected chi connectivity index (χ2v) is 4.39. The van der Waals surface area contributed by atoms with Crippen LogP contribution >= 0.6 is 0 Å². The predicted octanol–water partition coefficient (Wildman–Crippen LogP) is 2.94. The van der Waals surface area contributed by atoms with Gasteiger partial charge in [-0.1, -0.05) is 13.3 Å². The average Bonchev–Trinajstić information content (AvgIpc) is 2.35. The standard InChI is InChI=1S/C14H19FN2O2/c1-4-5-6-14(19)16-12-9-11(15)7-8-13(12)17(3)10(2)18/h7-9H,4-6H2,1-3H3,(H,16,19). The van der Waals surface area contributed by atoms with Crippen molar-refractivity contribution in [3.05, 3.63) is 24.0 Å². The molecule has 0 radical (unpaired) electrons. The fourth-order valence-corrected chi connectivity index (χ4v) is 1.62. The average molecular weight is 266 g/mol. The Bertz CT molecular complexity index is 475. The van der Waals surface area contributed by atoms with E-state index in [1.165, 1.54) is 30.0 Å². The van der Waals surface area contributed by atoms with Crippen molar-refractivity contribution in [2.24, 2.45) is 0 Å². The lowest BCUT2D eigenvalue weighted by molar-refractivity contribution is -0.117. The van der Waals surface area contributed by atoms with Crippen LogP contribution in [0.2, 0.25) is 0 Å². The van der Waals surface area contributed by atoms with Crippen LogP contribution in [0.3, 0.4) is 0 Å². The Hall–Kier alpha value is -1.91. The molecular formula is C14H19FN2O2. The molecule has 0 aliphatic carbocycles. The summed E-state index contributed by atoms with van der Waals surface area (Å²) in [6, 6.07) is 3.96. The maximum absolute atomic E-state index is 13.3. The fraction of sp³-hybridized carbons (Fsp3) is 0.429. The number of hydrogen-bond acceptors (Lipinski definition) is 2. The van der Waals surface area contributed by atoms with Crippen LogP contribution in [-0.4, -0.2) is 18.9 Å². The number of anilines is 2. The second-order valence-electron chi connectivity index (χ2n) is 4.39. The highest BCUT2D eigenvalue weighted by Crippen LogP contribution is 2.26. The van der Waals surface area contributed by atoms with Crippen LogP contribution in [0, 0.1) is 5.82 Å². The van der Waals surface area contributed by atoms with Gasteiger partial charge in [0.15, 0.2) is 0 Å². The molecule has 0 aromatic heterocycles. The molecule has 1 N–H and O–H groups in total. The van der Waals surface area contributed by atoms with E-state index in [1.54, 1.807) is 7.05 Å². The summed E-state index contributed by atoms with van der Waals surface area (Å²) in [5.41, 5.74) is 0.803. The zero-order valence-corrected chi connectivity index (χ0v) is 11.5. The summed E-state index contributed by atoms with van der Waals surface area (Å²) >= 11 is 0. The third kappa shape index (κ3) is 4.35. The topological polar surface area (TPSA) is 49.4 Å². The summed E-state index contributed by atoms with van der Waals surface area (Å²) in [5.74, 6) is -0.812. The molecule has 0 aliphatic heterocycles. The Labute approximate surface area is 112 Å². The fourth-order valence-electron chi connectivity index (χ4n) is 1.62. The Morgan fingerprint density at radius 3 is 2.63 bits per heavy atom. The molecule has 1 aromatic carbocycles. The highest BCUT2D eigenvalue weighted by molar-refractivity contribution is 5.99. The Morgan fingerprint density at radius 2 is 2.05 bits per heavy atom. The van der Waals surface area contributed by atoms with Crippen molar-refractivity contribution < 1.29 is 14.0 Å². The Morgan fingerprint density at radius 1 is 1.37 bits per heavy atom. The zero-order valence-electron chi connectivity index (χ0n) is 11.5. The van der Waals surface area contributed by atoms with E-state index in [0.717, 1.165) is 12.8 Å². The number of carbonyl (C=O) groups is 2. The van der Waals surface area contributed by atoms with Gasteiger partial charge in [0.05, 0.1) is 11.4 Å². The van der Waals surface area contributed by atoms with Crippen molar-refractivity contribution >= 4 is 23.2 Å². The van der Waals surface area contributed by atoms with Crippen molar-refractivity contribution in [3.8, 4) is 0 Å². The van der Waals surface area contributed by atoms with Crippen LogP contribution in [0.5, 0.6) is 0 Å². The molecule has 0 heterocycles. The minimum Gasteiger partial charge on any atom is -0.324 e. The SMILES string of the molecule is CCCCC(=O)Nc1cc(F)ccc1N(C)C(C)=O. The summed E-state index contributed by atoms with van der Waals surface area (Å²) < 4.78 is 13.3. The van der Waals surface area contributed by atoms with Crippen molar-refractivity contribution in [2.75, 3.05) is 17.3 Å². The van der Waals surface area contributed by atoms with Gasteiger partial charge in [-0.15, -0.1) is 0 Å². The normalized spacial score (nSPS) is 10.1. The lowest BCUT2D eigenvalue weighted by Gasteiger charge is -2.19. The van der Waals surface area contributed by atoms with Gasteiger partial charge in [0.1, 0.15) is 5.82 Å². The summed E-state index contributed by atoms with van der Waals surface area (Å²) in [6.07, 6.45) is 2.08. The van der Waals surface area contributed by atoms with E-state index in [0.29, 0.717) is 17.8 Å². The number of nitrogens with zero attached hydrogens (tertiary/aromatic N) is 1. The number of halogens is 1. The van der Waals surface area contributed by atoms with Crippen LogP contribution in [0.1, 0.15) is 33.1 Å². The summed E-state index contributed by atoms with van der Waals surface area (Å²) in [5, 5.41) is 2.65. The first-order valence-electron chi connectivity index (χ1n) is 6.29. The predicted molar refractivity (Wildman–Crippen MR) is 73.6 cm³/mol. The number of rotatable bonds is 5. The molecule has 0 unspecified atom stereocenters. The van der Waals surface area contributed by atoms with E-state index < -0.39 is 5.82 Å². The van der Waals surface area contributed by atoms with Gasteiger partial charge in [0, 0.05) is 20.4 Å². The number of unbranched alkanes of at least 4 members (excludes halogenated alkanes) is 1. The van der Waals surface area contributed by atoms with Gasteiger partial charge in [-0.3, -0.25) is 9.59 Å². The van der Waals surface area contributed by atoms with Gasteiger partial charge in [0.2, 0.25) is 11.8 Å². The second kappa shape index (κ2) is 6.87. The molecule has 4 nitrogen and oxygen atoms in total. The number of carbonyl (C=O) groups excluding carboxylic acids is 2. The van der Waals surface area contributed by atoms with Crippen LogP contribution in [0.4, 0.5) is 15.8 Å². The van der Waals surface area contributed by atoms with E-state index in [4.69, 9.17) is 0 Å². The molecule has 0 bridgehead atoms. The number of benzene rings is 1. The highest BCUT2D eigenvalue weighted by atomic mass is 19.1. The number of amides is 2. The molecule has 19 heavy (non-hydrogen) atoms. The molecule has 0 aliphatic rings. The maximum atomic E-state index is 13.3. The van der Waals surface area contributed by atoms with Crippen LogP contribution < -0.4 is 10.2 Å². The molecule has 0 atom stereocenters. The van der Waals surface area contributed by atoms with E-state index >= 15 is 0 Å². The van der Waals surface area contributed by atoms with Gasteiger partial charge in [0.25, 0.3) is 0 Å². The zero-order chi connectivity index (χ0) is 14.4. The number of hydrogen-bond donors (Lipinski definition) is 1. The highest BCUT2D eigenvalue weighted by Gasteiger charge is 2.13. The van der Waals surface area contributed by atoms with Gasteiger partial charge < -0.3 is 10.2 Å². The van der Waals surface area contributed by atoms with E-state index in [2.05, 4.69) is 5.32 Å². The molecule has 0 spiro atoms. The van der Waals surface area contributed by atoms with Crippen LogP contribution in [0.15, 0.2) is 18.2 Å². The summed E-state index contributed by atoms with van der Waals surface area (Å²) in [7, 11) is 1.58. The van der Waals surface area contributed by atoms with Gasteiger partial charge in [-0.25, -0.2) is 4.39 Å². The smallest absolute Gasteiger partial charge is 0.224 e. The molecule has 1 aromatic rings. The van der Waals surface area contributed by atoms with Crippen molar-refractivity contribution in [3.63, 3.8) is 0 Å². The lowest BCUT2D eigenvalue weighted by Crippen LogP contribution is -2.25. The van der Waals surface area contributed by atoms with Crippen LogP contribution in [0.25, 0.3) is 0 Å². The molecule has 0 saturated carbocycles. The monoisotopic (exact) mass is 266 g/mol. The van der Waals surface area contributed by atoms with Gasteiger partial charge in [-0.2, -0.15) is 0 Å². The molecular weight excluding hydrogens is 247 g/mol. The van der Waals surface area contributed by atoms with Gasteiger partial charge >= 0.3 is 0 Å². The molecule has 1 rings (SSSR count). The molecule has 2 amide bonds. The molecule has 0 saturated heterocycles. The largest absolute Gasteiger partial charge is 0.324 e. The number of nitrogens with one attached hydrogen (secondary N) is 1. The lowest BCUT2D eigenvalue weighted by atomic mass is 10.2.